The lowest BCUT2D eigenvalue weighted by molar-refractivity contribution is 0.601. The van der Waals surface area contributed by atoms with E-state index < -0.39 is 10.0 Å². The summed E-state index contributed by atoms with van der Waals surface area (Å²) in [6, 6.07) is 8.46. The van der Waals surface area contributed by atoms with Gasteiger partial charge in [-0.3, -0.25) is 4.72 Å². The van der Waals surface area contributed by atoms with E-state index in [1.54, 1.807) is 18.2 Å². The first-order chi connectivity index (χ1) is 8.51. The summed E-state index contributed by atoms with van der Waals surface area (Å²) in [6.07, 6.45) is 1.42. The van der Waals surface area contributed by atoms with Crippen LogP contribution in [0.1, 0.15) is 5.69 Å². The van der Waals surface area contributed by atoms with E-state index in [0.717, 1.165) is 4.47 Å². The Labute approximate surface area is 114 Å². The van der Waals surface area contributed by atoms with Gasteiger partial charge in [0.05, 0.1) is 0 Å². The first-order valence-corrected chi connectivity index (χ1v) is 7.44. The molecule has 96 valence electrons. The third kappa shape index (κ3) is 2.92. The fourth-order valence-corrected chi connectivity index (χ4v) is 2.92. The number of nitrogens with one attached hydrogen (secondary N) is 2. The average Bonchev–Trinajstić information content (AvgIpc) is 2.77. The zero-order valence-corrected chi connectivity index (χ0v) is 11.8. The molecule has 0 radical (unpaired) electrons. The van der Waals surface area contributed by atoms with Crippen molar-refractivity contribution in [1.29, 1.82) is 0 Å². The van der Waals surface area contributed by atoms with Crippen LogP contribution in [0.3, 0.4) is 0 Å². The van der Waals surface area contributed by atoms with Crippen molar-refractivity contribution in [3.05, 3.63) is 46.7 Å². The molecule has 7 heteroatoms. The van der Waals surface area contributed by atoms with Gasteiger partial charge in [-0.05, 0) is 24.3 Å². The van der Waals surface area contributed by atoms with Crippen LogP contribution in [-0.2, 0) is 16.6 Å². The molecule has 4 N–H and O–H groups in total. The molecule has 0 aliphatic carbocycles. The monoisotopic (exact) mass is 329 g/mol. The lowest BCUT2D eigenvalue weighted by Crippen LogP contribution is -2.12. The average molecular weight is 330 g/mol. The summed E-state index contributed by atoms with van der Waals surface area (Å²) in [5.74, 6) is 0. The lowest BCUT2D eigenvalue weighted by atomic mass is 10.3. The fraction of sp³-hybridized carbons (Fsp3) is 0.0909. The molecule has 0 aliphatic heterocycles. The molecule has 1 heterocycles. The molecule has 0 saturated heterocycles. The first-order valence-electron chi connectivity index (χ1n) is 5.17. The van der Waals surface area contributed by atoms with Gasteiger partial charge in [0, 0.05) is 28.6 Å². The molecule has 0 spiro atoms. The Kier molecular flexibility index (Phi) is 3.74. The SMILES string of the molecule is NCc1cc(S(=O)(=O)Nc2cccc(Br)c2)c[nH]1. The van der Waals surface area contributed by atoms with Crippen molar-refractivity contribution in [2.24, 2.45) is 5.73 Å². The van der Waals surface area contributed by atoms with Gasteiger partial charge in [0.1, 0.15) is 4.90 Å². The maximum atomic E-state index is 12.1. The predicted octanol–water partition coefficient (Wildman–Crippen LogP) is 2.04. The number of benzene rings is 1. The number of nitrogens with two attached hydrogens (primary N) is 1. The van der Waals surface area contributed by atoms with E-state index in [1.807, 2.05) is 6.07 Å². The first kappa shape index (κ1) is 13.1. The standard InChI is InChI=1S/C11H12BrN3O2S/c12-8-2-1-3-9(4-8)15-18(16,17)11-5-10(6-13)14-7-11/h1-5,7,14-15H,6,13H2. The topological polar surface area (TPSA) is 88.0 Å². The van der Waals surface area contributed by atoms with E-state index in [9.17, 15) is 8.42 Å². The quantitative estimate of drug-likeness (QED) is 0.801. The van der Waals surface area contributed by atoms with Crippen molar-refractivity contribution in [2.45, 2.75) is 11.4 Å². The van der Waals surface area contributed by atoms with Gasteiger partial charge in [-0.1, -0.05) is 22.0 Å². The maximum absolute atomic E-state index is 12.1. The van der Waals surface area contributed by atoms with Crippen LogP contribution < -0.4 is 10.5 Å². The zero-order valence-electron chi connectivity index (χ0n) is 9.35. The number of aromatic amines is 1. The minimum Gasteiger partial charge on any atom is -0.363 e. The second kappa shape index (κ2) is 5.13. The van der Waals surface area contributed by atoms with Crippen LogP contribution in [0, 0.1) is 0 Å². The largest absolute Gasteiger partial charge is 0.363 e. The molecule has 0 aliphatic rings. The molecule has 0 unspecified atom stereocenters. The third-order valence-electron chi connectivity index (χ3n) is 2.32. The maximum Gasteiger partial charge on any atom is 0.263 e. The van der Waals surface area contributed by atoms with Crippen molar-refractivity contribution in [2.75, 3.05) is 4.72 Å². The van der Waals surface area contributed by atoms with Gasteiger partial charge in [-0.2, -0.15) is 0 Å². The van der Waals surface area contributed by atoms with Gasteiger partial charge in [-0.25, -0.2) is 8.42 Å². The van der Waals surface area contributed by atoms with E-state index in [1.165, 1.54) is 12.3 Å². The van der Waals surface area contributed by atoms with Gasteiger partial charge >= 0.3 is 0 Å². The van der Waals surface area contributed by atoms with Crippen molar-refractivity contribution < 1.29 is 8.42 Å². The number of hydrogen-bond acceptors (Lipinski definition) is 3. The molecule has 0 atom stereocenters. The third-order valence-corrected chi connectivity index (χ3v) is 4.18. The summed E-state index contributed by atoms with van der Waals surface area (Å²) in [7, 11) is -3.58. The Hall–Kier alpha value is -1.31. The number of halogens is 1. The number of aromatic nitrogens is 1. The van der Waals surface area contributed by atoms with Crippen molar-refractivity contribution in [1.82, 2.24) is 4.98 Å². The summed E-state index contributed by atoms with van der Waals surface area (Å²) in [4.78, 5) is 2.97. The summed E-state index contributed by atoms with van der Waals surface area (Å²) in [5.41, 5.74) is 6.60. The van der Waals surface area contributed by atoms with Gasteiger partial charge < -0.3 is 10.7 Å². The summed E-state index contributed by atoms with van der Waals surface area (Å²) in [5, 5.41) is 0. The molecule has 0 amide bonds. The van der Waals surface area contributed by atoms with Crippen molar-refractivity contribution in [3.63, 3.8) is 0 Å². The highest BCUT2D eigenvalue weighted by molar-refractivity contribution is 9.10. The van der Waals surface area contributed by atoms with Gasteiger partial charge in [0.2, 0.25) is 0 Å². The highest BCUT2D eigenvalue weighted by atomic mass is 79.9. The van der Waals surface area contributed by atoms with Crippen LogP contribution in [0.15, 0.2) is 45.9 Å². The van der Waals surface area contributed by atoms with Gasteiger partial charge in [0.25, 0.3) is 10.0 Å². The van der Waals surface area contributed by atoms with Gasteiger partial charge in [-0.15, -0.1) is 0 Å². The molecule has 1 aromatic carbocycles. The molecule has 18 heavy (non-hydrogen) atoms. The van der Waals surface area contributed by atoms with E-state index in [4.69, 9.17) is 5.73 Å². The fourth-order valence-electron chi connectivity index (χ4n) is 1.46. The summed E-state index contributed by atoms with van der Waals surface area (Å²) in [6.45, 7) is 0.270. The van der Waals surface area contributed by atoms with E-state index in [0.29, 0.717) is 11.4 Å². The number of rotatable bonds is 4. The lowest BCUT2D eigenvalue weighted by Gasteiger charge is -2.06. The normalized spacial score (nSPS) is 11.4. The van der Waals surface area contributed by atoms with Crippen LogP contribution in [0.4, 0.5) is 5.69 Å². The van der Waals surface area contributed by atoms with Crippen LogP contribution in [0.25, 0.3) is 0 Å². The number of hydrogen-bond donors (Lipinski definition) is 3. The molecule has 2 aromatic rings. The van der Waals surface area contributed by atoms with Crippen LogP contribution in [0.5, 0.6) is 0 Å². The molecular weight excluding hydrogens is 318 g/mol. The molecule has 1 aromatic heterocycles. The number of anilines is 1. The van der Waals surface area contributed by atoms with E-state index >= 15 is 0 Å². The summed E-state index contributed by atoms with van der Waals surface area (Å²) >= 11 is 3.28. The van der Waals surface area contributed by atoms with E-state index in [2.05, 4.69) is 25.6 Å². The smallest absolute Gasteiger partial charge is 0.263 e. The second-order valence-electron chi connectivity index (χ2n) is 3.68. The van der Waals surface area contributed by atoms with Crippen LogP contribution in [0.2, 0.25) is 0 Å². The Morgan fingerprint density at radius 3 is 2.72 bits per heavy atom. The zero-order chi connectivity index (χ0) is 13.2. The van der Waals surface area contributed by atoms with E-state index in [-0.39, 0.29) is 11.4 Å². The van der Waals surface area contributed by atoms with Crippen LogP contribution >= 0.6 is 15.9 Å². The highest BCUT2D eigenvalue weighted by Gasteiger charge is 2.15. The Morgan fingerprint density at radius 1 is 1.33 bits per heavy atom. The molecule has 0 fully saturated rings. The molecule has 2 rings (SSSR count). The van der Waals surface area contributed by atoms with Crippen molar-refractivity contribution >= 4 is 31.6 Å². The highest BCUT2D eigenvalue weighted by Crippen LogP contribution is 2.20. The molecule has 0 bridgehead atoms. The minimum absolute atomic E-state index is 0.169. The number of sulfonamides is 1. The minimum atomic E-state index is -3.58. The Morgan fingerprint density at radius 2 is 2.11 bits per heavy atom. The number of H-pyrrole nitrogens is 1. The molecular formula is C11H12BrN3O2S. The van der Waals surface area contributed by atoms with Gasteiger partial charge in [0.15, 0.2) is 0 Å². The molecule has 0 saturated carbocycles. The Balaban J connectivity index is 2.27. The van der Waals surface area contributed by atoms with Crippen LogP contribution in [-0.4, -0.2) is 13.4 Å². The summed E-state index contributed by atoms with van der Waals surface area (Å²) < 4.78 is 27.4. The molecule has 5 nitrogen and oxygen atoms in total. The predicted molar refractivity (Wildman–Crippen MR) is 73.6 cm³/mol. The van der Waals surface area contributed by atoms with Crippen molar-refractivity contribution in [3.8, 4) is 0 Å². The second-order valence-corrected chi connectivity index (χ2v) is 6.28. The Bertz CT molecular complexity index is 652.